The maximum Gasteiger partial charge on any atom is 0.251 e. The molecule has 2 N–H and O–H groups in total. The smallest absolute Gasteiger partial charge is 0.251 e. The standard InChI is InChI=1S/C20H24N2O4/c1-4-25-16-11-12-18(26-5-2)17(13-16)22-19(23)14(3)21-20(24)15-9-7-6-8-10-15/h6-14H,4-5H2,1-3H3,(H,21,24)(H,22,23). The molecule has 0 radical (unpaired) electrons. The first-order valence-electron chi connectivity index (χ1n) is 8.61. The van der Waals surface area contributed by atoms with E-state index in [2.05, 4.69) is 10.6 Å². The second-order valence-electron chi connectivity index (χ2n) is 5.57. The fraction of sp³-hybridized carbons (Fsp3) is 0.300. The lowest BCUT2D eigenvalue weighted by atomic mass is 10.2. The first kappa shape index (κ1) is 19.3. The summed E-state index contributed by atoms with van der Waals surface area (Å²) in [7, 11) is 0. The van der Waals surface area contributed by atoms with Crippen molar-refractivity contribution in [3.8, 4) is 11.5 Å². The normalized spacial score (nSPS) is 11.3. The third kappa shape index (κ3) is 5.24. The Balaban J connectivity index is 2.07. The minimum absolute atomic E-state index is 0.304. The van der Waals surface area contributed by atoms with Gasteiger partial charge in [0.15, 0.2) is 0 Å². The van der Waals surface area contributed by atoms with E-state index in [1.807, 2.05) is 19.9 Å². The first-order chi connectivity index (χ1) is 12.5. The van der Waals surface area contributed by atoms with Crippen molar-refractivity contribution >= 4 is 17.5 Å². The van der Waals surface area contributed by atoms with Crippen LogP contribution in [0.15, 0.2) is 48.5 Å². The summed E-state index contributed by atoms with van der Waals surface area (Å²) >= 11 is 0. The first-order valence-corrected chi connectivity index (χ1v) is 8.61. The molecule has 0 fully saturated rings. The van der Waals surface area contributed by atoms with E-state index in [9.17, 15) is 9.59 Å². The number of rotatable bonds is 8. The van der Waals surface area contributed by atoms with Crippen LogP contribution in [0, 0.1) is 0 Å². The third-order valence-electron chi connectivity index (χ3n) is 3.60. The zero-order chi connectivity index (χ0) is 18.9. The number of hydrogen-bond acceptors (Lipinski definition) is 4. The summed E-state index contributed by atoms with van der Waals surface area (Å²) < 4.78 is 11.0. The van der Waals surface area contributed by atoms with Gasteiger partial charge in [0.2, 0.25) is 5.91 Å². The van der Waals surface area contributed by atoms with E-state index in [4.69, 9.17) is 9.47 Å². The predicted octanol–water partition coefficient (Wildman–Crippen LogP) is 3.24. The van der Waals surface area contributed by atoms with E-state index in [1.165, 1.54) is 0 Å². The largest absolute Gasteiger partial charge is 0.494 e. The molecule has 0 spiro atoms. The van der Waals surface area contributed by atoms with Gasteiger partial charge in [-0.3, -0.25) is 9.59 Å². The van der Waals surface area contributed by atoms with Crippen LogP contribution in [0.5, 0.6) is 11.5 Å². The van der Waals surface area contributed by atoms with Crippen molar-refractivity contribution in [3.63, 3.8) is 0 Å². The zero-order valence-corrected chi connectivity index (χ0v) is 15.2. The van der Waals surface area contributed by atoms with Crippen LogP contribution in [0.1, 0.15) is 31.1 Å². The summed E-state index contributed by atoms with van der Waals surface area (Å²) in [5.41, 5.74) is 1.00. The lowest BCUT2D eigenvalue weighted by molar-refractivity contribution is -0.117. The maximum absolute atomic E-state index is 12.5. The molecule has 6 nitrogen and oxygen atoms in total. The molecule has 26 heavy (non-hydrogen) atoms. The summed E-state index contributed by atoms with van der Waals surface area (Å²) in [5, 5.41) is 5.48. The Labute approximate surface area is 153 Å². The number of carbonyl (C=O) groups excluding carboxylic acids is 2. The summed E-state index contributed by atoms with van der Waals surface area (Å²) in [6.45, 7) is 6.37. The van der Waals surface area contributed by atoms with Crippen molar-refractivity contribution in [1.29, 1.82) is 0 Å². The molecular formula is C20H24N2O4. The molecule has 0 aliphatic carbocycles. The number of carbonyl (C=O) groups is 2. The van der Waals surface area contributed by atoms with Crippen molar-refractivity contribution < 1.29 is 19.1 Å². The molecule has 0 aliphatic rings. The minimum Gasteiger partial charge on any atom is -0.494 e. The molecule has 0 saturated carbocycles. The SMILES string of the molecule is CCOc1ccc(OCC)c(NC(=O)C(C)NC(=O)c2ccccc2)c1. The van der Waals surface area contributed by atoms with Gasteiger partial charge in [0.05, 0.1) is 18.9 Å². The predicted molar refractivity (Wildman–Crippen MR) is 101 cm³/mol. The Kier molecular flexibility index (Phi) is 7.02. The monoisotopic (exact) mass is 356 g/mol. The van der Waals surface area contributed by atoms with Crippen molar-refractivity contribution in [2.45, 2.75) is 26.8 Å². The van der Waals surface area contributed by atoms with Gasteiger partial charge < -0.3 is 20.1 Å². The molecule has 2 aromatic rings. The summed E-state index contributed by atoms with van der Waals surface area (Å²) in [6, 6.07) is 13.3. The van der Waals surface area contributed by atoms with Crippen LogP contribution >= 0.6 is 0 Å². The van der Waals surface area contributed by atoms with Gasteiger partial charge in [-0.1, -0.05) is 18.2 Å². The molecule has 1 atom stereocenters. The third-order valence-corrected chi connectivity index (χ3v) is 3.60. The Hall–Kier alpha value is -3.02. The molecule has 138 valence electrons. The van der Waals surface area contributed by atoms with Crippen LogP contribution in [0.2, 0.25) is 0 Å². The Morgan fingerprint density at radius 3 is 2.35 bits per heavy atom. The van der Waals surface area contributed by atoms with E-state index in [0.717, 1.165) is 0 Å². The molecule has 2 rings (SSSR count). The van der Waals surface area contributed by atoms with Crippen LogP contribution < -0.4 is 20.1 Å². The number of anilines is 1. The van der Waals surface area contributed by atoms with Gasteiger partial charge in [-0.25, -0.2) is 0 Å². The fourth-order valence-electron chi connectivity index (χ4n) is 2.32. The van der Waals surface area contributed by atoms with E-state index in [0.29, 0.717) is 36.0 Å². The average molecular weight is 356 g/mol. The molecule has 0 aliphatic heterocycles. The Bertz CT molecular complexity index is 747. The molecule has 0 bridgehead atoms. The second kappa shape index (κ2) is 9.46. The highest BCUT2D eigenvalue weighted by molar-refractivity contribution is 6.01. The molecule has 1 unspecified atom stereocenters. The van der Waals surface area contributed by atoms with Crippen molar-refractivity contribution in [2.24, 2.45) is 0 Å². The molecule has 2 aromatic carbocycles. The summed E-state index contributed by atoms with van der Waals surface area (Å²) in [6.07, 6.45) is 0. The molecule has 0 saturated heterocycles. The van der Waals surface area contributed by atoms with Gasteiger partial charge in [-0.05, 0) is 45.0 Å². The van der Waals surface area contributed by atoms with Crippen molar-refractivity contribution in [1.82, 2.24) is 5.32 Å². The van der Waals surface area contributed by atoms with Crippen LogP contribution in [-0.4, -0.2) is 31.1 Å². The van der Waals surface area contributed by atoms with Gasteiger partial charge in [0, 0.05) is 11.6 Å². The maximum atomic E-state index is 12.5. The molecular weight excluding hydrogens is 332 g/mol. The fourth-order valence-corrected chi connectivity index (χ4v) is 2.32. The Morgan fingerprint density at radius 1 is 1.00 bits per heavy atom. The Morgan fingerprint density at radius 2 is 1.69 bits per heavy atom. The van der Waals surface area contributed by atoms with Crippen molar-refractivity contribution in [3.05, 3.63) is 54.1 Å². The van der Waals surface area contributed by atoms with Gasteiger partial charge in [-0.15, -0.1) is 0 Å². The summed E-state index contributed by atoms with van der Waals surface area (Å²) in [4.78, 5) is 24.7. The van der Waals surface area contributed by atoms with Gasteiger partial charge >= 0.3 is 0 Å². The second-order valence-corrected chi connectivity index (χ2v) is 5.57. The van der Waals surface area contributed by atoms with E-state index >= 15 is 0 Å². The highest BCUT2D eigenvalue weighted by Gasteiger charge is 2.18. The van der Waals surface area contributed by atoms with Crippen LogP contribution in [0.25, 0.3) is 0 Å². The van der Waals surface area contributed by atoms with E-state index in [-0.39, 0.29) is 11.8 Å². The molecule has 6 heteroatoms. The molecule has 0 heterocycles. The molecule has 2 amide bonds. The number of hydrogen-bond donors (Lipinski definition) is 2. The average Bonchev–Trinajstić information content (AvgIpc) is 2.64. The minimum atomic E-state index is -0.715. The van der Waals surface area contributed by atoms with Gasteiger partial charge in [0.25, 0.3) is 5.91 Å². The highest BCUT2D eigenvalue weighted by atomic mass is 16.5. The van der Waals surface area contributed by atoms with Crippen LogP contribution in [0.4, 0.5) is 5.69 Å². The number of ether oxygens (including phenoxy) is 2. The van der Waals surface area contributed by atoms with Crippen LogP contribution in [0.3, 0.4) is 0 Å². The quantitative estimate of drug-likeness (QED) is 0.761. The van der Waals surface area contributed by atoms with Crippen LogP contribution in [-0.2, 0) is 4.79 Å². The lowest BCUT2D eigenvalue weighted by Gasteiger charge is -2.17. The van der Waals surface area contributed by atoms with Crippen molar-refractivity contribution in [2.75, 3.05) is 18.5 Å². The number of amides is 2. The van der Waals surface area contributed by atoms with Gasteiger partial charge in [0.1, 0.15) is 17.5 Å². The van der Waals surface area contributed by atoms with E-state index in [1.54, 1.807) is 49.4 Å². The van der Waals surface area contributed by atoms with E-state index < -0.39 is 6.04 Å². The lowest BCUT2D eigenvalue weighted by Crippen LogP contribution is -2.41. The van der Waals surface area contributed by atoms with Gasteiger partial charge in [-0.2, -0.15) is 0 Å². The summed E-state index contributed by atoms with van der Waals surface area (Å²) in [5.74, 6) is 0.531. The topological polar surface area (TPSA) is 76.7 Å². The number of nitrogens with one attached hydrogen (secondary N) is 2. The molecule has 0 aromatic heterocycles. The number of benzene rings is 2. The zero-order valence-electron chi connectivity index (χ0n) is 15.2. The highest BCUT2D eigenvalue weighted by Crippen LogP contribution is 2.29.